The molecule has 42 heavy (non-hydrogen) atoms. The van der Waals surface area contributed by atoms with E-state index in [4.69, 9.17) is 4.42 Å². The predicted molar refractivity (Wildman–Crippen MR) is 153 cm³/mol. The van der Waals surface area contributed by atoms with Crippen LogP contribution in [0.3, 0.4) is 0 Å². The minimum Gasteiger partial charge on any atom is -0.415 e. The Hall–Kier alpha value is -4.65. The van der Waals surface area contributed by atoms with Crippen LogP contribution in [0.5, 0.6) is 0 Å². The van der Waals surface area contributed by atoms with Gasteiger partial charge in [-0.05, 0) is 47.0 Å². The molecule has 0 N–H and O–H groups in total. The smallest absolute Gasteiger partial charge is 0.324 e. The molecule has 3 heterocycles. The molecule has 0 unspecified atom stereocenters. The number of hydrogen-bond donors (Lipinski definition) is 0. The zero-order chi connectivity index (χ0) is 29.4. The monoisotopic (exact) mass is 592 g/mol. The summed E-state index contributed by atoms with van der Waals surface area (Å²) in [6.07, 6.45) is -1.05. The van der Waals surface area contributed by atoms with E-state index in [0.717, 1.165) is 27.6 Å². The molecule has 3 aromatic carbocycles. The van der Waals surface area contributed by atoms with Crippen LogP contribution in [0.15, 0.2) is 77.3 Å². The van der Waals surface area contributed by atoms with Crippen LogP contribution in [0.2, 0.25) is 0 Å². The fourth-order valence-electron chi connectivity index (χ4n) is 4.88. The van der Waals surface area contributed by atoms with Gasteiger partial charge in [0.25, 0.3) is 5.89 Å². The van der Waals surface area contributed by atoms with Crippen molar-refractivity contribution in [2.75, 3.05) is 29.5 Å². The molecular formula is C29H26F2N6O4S. The maximum atomic E-state index is 13.7. The Morgan fingerprint density at radius 3 is 2.29 bits per heavy atom. The minimum absolute atomic E-state index is 0.0285. The number of urea groups is 1. The first-order valence-electron chi connectivity index (χ1n) is 13.2. The Labute approximate surface area is 240 Å². The Kier molecular flexibility index (Phi) is 7.19. The van der Waals surface area contributed by atoms with Crippen LogP contribution in [0.4, 0.5) is 19.3 Å². The van der Waals surface area contributed by atoms with Gasteiger partial charge >= 0.3 is 12.5 Å². The summed E-state index contributed by atoms with van der Waals surface area (Å²) < 4.78 is 56.5. The molecule has 1 aliphatic heterocycles. The lowest BCUT2D eigenvalue weighted by Crippen LogP contribution is -2.49. The Morgan fingerprint density at radius 2 is 1.62 bits per heavy atom. The average Bonchev–Trinajstić information content (AvgIpc) is 3.64. The molecule has 5 aromatic rings. The summed E-state index contributed by atoms with van der Waals surface area (Å²) in [5.74, 6) is -0.944. The minimum atomic E-state index is -3.17. The van der Waals surface area contributed by atoms with Crippen molar-refractivity contribution in [1.29, 1.82) is 0 Å². The van der Waals surface area contributed by atoms with Crippen molar-refractivity contribution >= 4 is 32.5 Å². The number of nitrogens with zero attached hydrogens (tertiary/aromatic N) is 6. The van der Waals surface area contributed by atoms with Gasteiger partial charge in [0.05, 0.1) is 29.8 Å². The number of hydrogen-bond acceptors (Lipinski definition) is 7. The Balaban J connectivity index is 1.27. The molecule has 0 atom stereocenters. The number of aromatic nitrogens is 4. The molecule has 10 nitrogen and oxygen atoms in total. The molecule has 2 amide bonds. The maximum Gasteiger partial charge on any atom is 0.324 e. The average molecular weight is 593 g/mol. The van der Waals surface area contributed by atoms with Crippen molar-refractivity contribution in [3.8, 4) is 22.6 Å². The number of sulfone groups is 1. The van der Waals surface area contributed by atoms with Crippen molar-refractivity contribution in [2.45, 2.75) is 13.0 Å². The number of carbonyl (C=O) groups is 1. The SMILES string of the molecule is Cn1ncc2ccc(-c3ccc(N(Cc4ccc(-c5nnc(C(F)F)o5)cc4)C(=O)N4CCS(=O)(=O)CC4)cc3)cc21. The summed E-state index contributed by atoms with van der Waals surface area (Å²) in [5.41, 5.74) is 4.83. The van der Waals surface area contributed by atoms with Crippen LogP contribution >= 0.6 is 0 Å². The van der Waals surface area contributed by atoms with Gasteiger partial charge in [-0.15, -0.1) is 10.2 Å². The largest absolute Gasteiger partial charge is 0.415 e. The summed E-state index contributed by atoms with van der Waals surface area (Å²) in [5, 5.41) is 12.4. The van der Waals surface area contributed by atoms with Crippen LogP contribution in [-0.2, 0) is 23.4 Å². The fraction of sp³-hybridized carbons (Fsp3) is 0.241. The van der Waals surface area contributed by atoms with Crippen molar-refractivity contribution in [3.05, 3.63) is 84.4 Å². The van der Waals surface area contributed by atoms with Gasteiger partial charge in [0, 0.05) is 36.8 Å². The molecule has 1 saturated heterocycles. The lowest BCUT2D eigenvalue weighted by atomic mass is 10.0. The van der Waals surface area contributed by atoms with E-state index in [1.165, 1.54) is 0 Å². The van der Waals surface area contributed by atoms with Crippen LogP contribution < -0.4 is 4.90 Å². The summed E-state index contributed by atoms with van der Waals surface area (Å²) >= 11 is 0. The van der Waals surface area contributed by atoms with Gasteiger partial charge in [-0.2, -0.15) is 13.9 Å². The number of rotatable bonds is 6. The molecular weight excluding hydrogens is 566 g/mol. The zero-order valence-electron chi connectivity index (χ0n) is 22.5. The molecule has 0 bridgehead atoms. The number of halogens is 2. The Morgan fingerprint density at radius 1 is 0.952 bits per heavy atom. The van der Waals surface area contributed by atoms with E-state index in [9.17, 15) is 22.0 Å². The third-order valence-electron chi connectivity index (χ3n) is 7.28. The van der Waals surface area contributed by atoms with Crippen LogP contribution in [-0.4, -0.2) is 63.9 Å². The summed E-state index contributed by atoms with van der Waals surface area (Å²) in [7, 11) is -1.28. The topological polar surface area (TPSA) is 114 Å². The molecule has 2 aromatic heterocycles. The maximum absolute atomic E-state index is 13.7. The van der Waals surface area contributed by atoms with Gasteiger partial charge in [-0.1, -0.05) is 36.4 Å². The molecule has 13 heteroatoms. The lowest BCUT2D eigenvalue weighted by molar-refractivity contribution is 0.116. The molecule has 0 radical (unpaired) electrons. The summed E-state index contributed by atoms with van der Waals surface area (Å²) in [6, 6.07) is 20.2. The molecule has 1 fully saturated rings. The highest BCUT2D eigenvalue weighted by Crippen LogP contribution is 2.29. The number of carbonyl (C=O) groups excluding carboxylic acids is 1. The predicted octanol–water partition coefficient (Wildman–Crippen LogP) is 5.08. The molecule has 1 aliphatic rings. The number of alkyl halides is 2. The highest BCUT2D eigenvalue weighted by molar-refractivity contribution is 7.91. The second-order valence-electron chi connectivity index (χ2n) is 10.0. The van der Waals surface area contributed by atoms with E-state index in [1.54, 1.807) is 34.1 Å². The van der Waals surface area contributed by atoms with E-state index in [0.29, 0.717) is 11.3 Å². The van der Waals surface area contributed by atoms with Gasteiger partial charge in [-0.25, -0.2) is 13.2 Å². The van der Waals surface area contributed by atoms with Gasteiger partial charge in [0.2, 0.25) is 5.89 Å². The second kappa shape index (κ2) is 11.0. The molecule has 0 aliphatic carbocycles. The first-order valence-corrected chi connectivity index (χ1v) is 15.0. The van der Waals surface area contributed by atoms with E-state index in [2.05, 4.69) is 21.4 Å². The van der Waals surface area contributed by atoms with Crippen molar-refractivity contribution in [1.82, 2.24) is 24.9 Å². The zero-order valence-corrected chi connectivity index (χ0v) is 23.3. The van der Waals surface area contributed by atoms with Gasteiger partial charge < -0.3 is 9.32 Å². The number of amides is 2. The third-order valence-corrected chi connectivity index (χ3v) is 8.89. The summed E-state index contributed by atoms with van der Waals surface area (Å²) in [6.45, 7) is 0.418. The van der Waals surface area contributed by atoms with Crippen LogP contribution in [0.25, 0.3) is 33.5 Å². The first kappa shape index (κ1) is 27.5. The standard InChI is InChI=1S/C29H26F2N6O4S/c1-35-25-16-22(6-7-23(25)17-32-35)20-8-10-24(11-9-20)37(29(38)36-12-14-42(39,40)15-13-36)18-19-2-4-21(5-3-19)27-33-34-28(41-27)26(30)31/h2-11,16-17,26H,12-15,18H2,1H3. The quantitative estimate of drug-likeness (QED) is 0.270. The normalized spacial score (nSPS) is 14.9. The fourth-order valence-corrected chi connectivity index (χ4v) is 6.08. The molecule has 6 rings (SSSR count). The molecule has 0 spiro atoms. The van der Waals surface area contributed by atoms with Gasteiger partial charge in [0.15, 0.2) is 9.84 Å². The Bertz CT molecular complexity index is 1840. The molecule has 0 saturated carbocycles. The number of fused-ring (bicyclic) bond motifs is 1. The highest BCUT2D eigenvalue weighted by Gasteiger charge is 2.29. The summed E-state index contributed by atoms with van der Waals surface area (Å²) in [4.78, 5) is 16.9. The van der Waals surface area contributed by atoms with Crippen molar-refractivity contribution in [3.63, 3.8) is 0 Å². The van der Waals surface area contributed by atoms with Crippen LogP contribution in [0, 0.1) is 0 Å². The van der Waals surface area contributed by atoms with E-state index >= 15 is 0 Å². The van der Waals surface area contributed by atoms with E-state index in [-0.39, 0.29) is 43.1 Å². The van der Waals surface area contributed by atoms with Crippen molar-refractivity contribution in [2.24, 2.45) is 7.05 Å². The first-order chi connectivity index (χ1) is 20.2. The number of anilines is 1. The van der Waals surface area contributed by atoms with E-state index in [1.807, 2.05) is 54.3 Å². The lowest BCUT2D eigenvalue weighted by Gasteiger charge is -2.33. The van der Waals surface area contributed by atoms with E-state index < -0.39 is 22.2 Å². The third kappa shape index (κ3) is 5.59. The second-order valence-corrected chi connectivity index (χ2v) is 12.3. The highest BCUT2D eigenvalue weighted by atomic mass is 32.2. The van der Waals surface area contributed by atoms with Gasteiger partial charge in [-0.3, -0.25) is 9.58 Å². The van der Waals surface area contributed by atoms with Crippen LogP contribution in [0.1, 0.15) is 17.9 Å². The molecule has 216 valence electrons. The van der Waals surface area contributed by atoms with Gasteiger partial charge in [0.1, 0.15) is 0 Å². The van der Waals surface area contributed by atoms with Crippen molar-refractivity contribution < 1.29 is 26.4 Å². The number of aryl methyl sites for hydroxylation is 1. The number of benzene rings is 3.